The van der Waals surface area contributed by atoms with E-state index in [1.54, 1.807) is 18.5 Å². The first kappa shape index (κ1) is 16.1. The molecule has 2 N–H and O–H groups in total. The lowest BCUT2D eigenvalue weighted by atomic mass is 10.0. The van der Waals surface area contributed by atoms with Crippen LogP contribution in [0, 0.1) is 0 Å². The second-order valence-electron chi connectivity index (χ2n) is 5.69. The van der Waals surface area contributed by atoms with Crippen molar-refractivity contribution in [3.8, 4) is 11.3 Å². The van der Waals surface area contributed by atoms with Crippen LogP contribution >= 0.6 is 0 Å². The zero-order chi connectivity index (χ0) is 16.9. The number of fused-ring (bicyclic) bond motifs is 1. The average molecular weight is 321 g/mol. The van der Waals surface area contributed by atoms with Gasteiger partial charge in [0.1, 0.15) is 0 Å². The fourth-order valence-corrected chi connectivity index (χ4v) is 2.60. The van der Waals surface area contributed by atoms with Gasteiger partial charge in [0.2, 0.25) is 0 Å². The van der Waals surface area contributed by atoms with Gasteiger partial charge in [0.05, 0.1) is 16.8 Å². The third-order valence-corrected chi connectivity index (χ3v) is 3.88. The maximum atomic E-state index is 12.7. The molecule has 3 aromatic rings. The van der Waals surface area contributed by atoms with Gasteiger partial charge in [0, 0.05) is 36.0 Å². The summed E-state index contributed by atoms with van der Waals surface area (Å²) in [5.74, 6) is -0.162. The number of pyridine rings is 2. The molecule has 1 aromatic carbocycles. The van der Waals surface area contributed by atoms with Gasteiger partial charge in [-0.1, -0.05) is 18.2 Å². The molecule has 0 aliphatic heterocycles. The highest BCUT2D eigenvalue weighted by molar-refractivity contribution is 6.07. The van der Waals surface area contributed by atoms with E-state index >= 15 is 0 Å². The Balaban J connectivity index is 2.06. The molecule has 5 nitrogen and oxygen atoms in total. The van der Waals surface area contributed by atoms with Gasteiger partial charge < -0.3 is 10.4 Å². The molecule has 0 bridgehead atoms. The number of carbonyl (C=O) groups excluding carboxylic acids is 1. The van der Waals surface area contributed by atoms with E-state index in [0.29, 0.717) is 12.0 Å². The van der Waals surface area contributed by atoms with Crippen molar-refractivity contribution in [2.75, 3.05) is 6.61 Å². The number of aliphatic hydroxyl groups excluding tert-OH is 1. The highest BCUT2D eigenvalue weighted by Crippen LogP contribution is 2.24. The lowest BCUT2D eigenvalue weighted by Gasteiger charge is -2.14. The van der Waals surface area contributed by atoms with E-state index in [-0.39, 0.29) is 18.6 Å². The van der Waals surface area contributed by atoms with E-state index in [1.807, 2.05) is 43.3 Å². The molecule has 0 fully saturated rings. The van der Waals surface area contributed by atoms with Crippen molar-refractivity contribution in [1.29, 1.82) is 0 Å². The number of nitrogens with zero attached hydrogens (tertiary/aromatic N) is 2. The van der Waals surface area contributed by atoms with Gasteiger partial charge in [-0.3, -0.25) is 9.78 Å². The quantitative estimate of drug-likeness (QED) is 0.758. The molecule has 122 valence electrons. The standard InChI is InChI=1S/C19H19N3O2/c1-13(8-11-23)21-19(24)16-12-18(14-6-9-20-10-7-14)22-17-5-3-2-4-15(16)17/h2-7,9-10,12-13,23H,8,11H2,1H3,(H,21,24). The van der Waals surface area contributed by atoms with Crippen LogP contribution in [0.25, 0.3) is 22.2 Å². The largest absolute Gasteiger partial charge is 0.396 e. The number of para-hydroxylation sites is 1. The summed E-state index contributed by atoms with van der Waals surface area (Å²) in [7, 11) is 0. The smallest absolute Gasteiger partial charge is 0.252 e. The Labute approximate surface area is 140 Å². The van der Waals surface area contributed by atoms with Crippen molar-refractivity contribution in [3.63, 3.8) is 0 Å². The van der Waals surface area contributed by atoms with Crippen LogP contribution in [0.5, 0.6) is 0 Å². The van der Waals surface area contributed by atoms with Crippen LogP contribution in [0.3, 0.4) is 0 Å². The summed E-state index contributed by atoms with van der Waals surface area (Å²) >= 11 is 0. The number of benzene rings is 1. The van der Waals surface area contributed by atoms with Gasteiger partial charge in [0.15, 0.2) is 0 Å². The maximum absolute atomic E-state index is 12.7. The summed E-state index contributed by atoms with van der Waals surface area (Å²) in [6, 6.07) is 13.0. The molecule has 2 heterocycles. The Bertz CT molecular complexity index is 850. The Morgan fingerprint density at radius 3 is 2.71 bits per heavy atom. The van der Waals surface area contributed by atoms with Gasteiger partial charge in [-0.05, 0) is 37.6 Å². The summed E-state index contributed by atoms with van der Waals surface area (Å²) in [6.45, 7) is 1.92. The second-order valence-corrected chi connectivity index (χ2v) is 5.69. The molecule has 0 aliphatic carbocycles. The molecule has 0 saturated carbocycles. The molecule has 3 rings (SSSR count). The summed E-state index contributed by atoms with van der Waals surface area (Å²) in [5, 5.41) is 12.8. The molecule has 2 aromatic heterocycles. The van der Waals surface area contributed by atoms with Crippen molar-refractivity contribution in [1.82, 2.24) is 15.3 Å². The van der Waals surface area contributed by atoms with Crippen LogP contribution in [0.15, 0.2) is 54.9 Å². The molecule has 0 saturated heterocycles. The van der Waals surface area contributed by atoms with Gasteiger partial charge >= 0.3 is 0 Å². The fraction of sp³-hybridized carbons (Fsp3) is 0.211. The van der Waals surface area contributed by atoms with Crippen LogP contribution in [-0.4, -0.2) is 33.6 Å². The van der Waals surface area contributed by atoms with Crippen molar-refractivity contribution in [2.24, 2.45) is 0 Å². The van der Waals surface area contributed by atoms with E-state index in [0.717, 1.165) is 22.2 Å². The minimum atomic E-state index is -0.162. The van der Waals surface area contributed by atoms with E-state index in [9.17, 15) is 4.79 Å². The molecule has 0 aliphatic rings. The number of aromatic nitrogens is 2. The Kier molecular flexibility index (Phi) is 4.82. The molecule has 0 spiro atoms. The third-order valence-electron chi connectivity index (χ3n) is 3.88. The molecule has 1 atom stereocenters. The molecule has 1 unspecified atom stereocenters. The van der Waals surface area contributed by atoms with Crippen LogP contribution in [0.4, 0.5) is 0 Å². The zero-order valence-corrected chi connectivity index (χ0v) is 13.4. The van der Waals surface area contributed by atoms with E-state index in [1.165, 1.54) is 0 Å². The number of nitrogens with one attached hydrogen (secondary N) is 1. The maximum Gasteiger partial charge on any atom is 0.252 e. The first-order chi connectivity index (χ1) is 11.7. The zero-order valence-electron chi connectivity index (χ0n) is 13.4. The fourth-order valence-electron chi connectivity index (χ4n) is 2.60. The van der Waals surface area contributed by atoms with Crippen molar-refractivity contribution < 1.29 is 9.90 Å². The second kappa shape index (κ2) is 7.19. The highest BCUT2D eigenvalue weighted by Gasteiger charge is 2.15. The minimum Gasteiger partial charge on any atom is -0.396 e. The minimum absolute atomic E-state index is 0.0425. The molecule has 0 radical (unpaired) electrons. The van der Waals surface area contributed by atoms with Crippen LogP contribution < -0.4 is 5.32 Å². The van der Waals surface area contributed by atoms with Crippen LogP contribution in [-0.2, 0) is 0 Å². The summed E-state index contributed by atoms with van der Waals surface area (Å²) in [5.41, 5.74) is 2.99. The number of hydrogen-bond acceptors (Lipinski definition) is 4. The summed E-state index contributed by atoms with van der Waals surface area (Å²) in [4.78, 5) is 21.4. The number of amides is 1. The van der Waals surface area contributed by atoms with Crippen molar-refractivity contribution in [2.45, 2.75) is 19.4 Å². The van der Waals surface area contributed by atoms with Crippen molar-refractivity contribution in [3.05, 3.63) is 60.4 Å². The SMILES string of the molecule is CC(CCO)NC(=O)c1cc(-c2ccncc2)nc2ccccc12. The van der Waals surface area contributed by atoms with Gasteiger partial charge in [-0.2, -0.15) is 0 Å². The lowest BCUT2D eigenvalue weighted by molar-refractivity contribution is 0.0936. The summed E-state index contributed by atoms with van der Waals surface area (Å²) < 4.78 is 0. The summed E-state index contributed by atoms with van der Waals surface area (Å²) in [6.07, 6.45) is 3.93. The molecule has 5 heteroatoms. The van der Waals surface area contributed by atoms with E-state index in [4.69, 9.17) is 5.11 Å². The van der Waals surface area contributed by atoms with Crippen molar-refractivity contribution >= 4 is 16.8 Å². The number of rotatable bonds is 5. The Hall–Kier alpha value is -2.79. The Morgan fingerprint density at radius 2 is 1.96 bits per heavy atom. The highest BCUT2D eigenvalue weighted by atomic mass is 16.3. The monoisotopic (exact) mass is 321 g/mol. The normalized spacial score (nSPS) is 12.1. The van der Waals surface area contributed by atoms with E-state index in [2.05, 4.69) is 15.3 Å². The molecular weight excluding hydrogens is 302 g/mol. The van der Waals surface area contributed by atoms with Gasteiger partial charge in [-0.15, -0.1) is 0 Å². The predicted octanol–water partition coefficient (Wildman–Crippen LogP) is 2.80. The number of hydrogen-bond donors (Lipinski definition) is 2. The third kappa shape index (κ3) is 3.41. The van der Waals surface area contributed by atoms with Crippen LogP contribution in [0.2, 0.25) is 0 Å². The topological polar surface area (TPSA) is 75.1 Å². The molecule has 24 heavy (non-hydrogen) atoms. The van der Waals surface area contributed by atoms with Crippen LogP contribution in [0.1, 0.15) is 23.7 Å². The molecule has 1 amide bonds. The van der Waals surface area contributed by atoms with E-state index < -0.39 is 0 Å². The Morgan fingerprint density at radius 1 is 1.21 bits per heavy atom. The van der Waals surface area contributed by atoms with Gasteiger partial charge in [0.25, 0.3) is 5.91 Å². The van der Waals surface area contributed by atoms with Gasteiger partial charge in [-0.25, -0.2) is 4.98 Å². The molecular formula is C19H19N3O2. The predicted molar refractivity (Wildman–Crippen MR) is 93.6 cm³/mol. The first-order valence-electron chi connectivity index (χ1n) is 7.91. The first-order valence-corrected chi connectivity index (χ1v) is 7.91. The number of carbonyl (C=O) groups is 1. The average Bonchev–Trinajstić information content (AvgIpc) is 2.61. The lowest BCUT2D eigenvalue weighted by Crippen LogP contribution is -2.33. The number of aliphatic hydroxyl groups is 1.